The molecule has 0 fully saturated rings. The second-order valence-corrected chi connectivity index (χ2v) is 8.49. The number of nitrogens with one attached hydrogen (secondary N) is 1. The lowest BCUT2D eigenvalue weighted by molar-refractivity contribution is -0.00826. The Kier molecular flexibility index (Phi) is 6.94. The lowest BCUT2D eigenvalue weighted by atomic mass is 10.0. The van der Waals surface area contributed by atoms with E-state index >= 15 is 0 Å². The number of aryl methyl sites for hydroxylation is 2. The highest BCUT2D eigenvalue weighted by molar-refractivity contribution is 5.75. The van der Waals surface area contributed by atoms with E-state index in [0.29, 0.717) is 17.0 Å². The number of aromatic nitrogens is 3. The van der Waals surface area contributed by atoms with Gasteiger partial charge >= 0.3 is 0 Å². The summed E-state index contributed by atoms with van der Waals surface area (Å²) in [6.07, 6.45) is -0.0540. The summed E-state index contributed by atoms with van der Waals surface area (Å²) in [6.45, 7) is 4.99. The number of benzene rings is 2. The van der Waals surface area contributed by atoms with Crippen molar-refractivity contribution in [2.45, 2.75) is 39.3 Å². The van der Waals surface area contributed by atoms with E-state index in [2.05, 4.69) is 15.3 Å². The number of halogens is 2. The molecule has 188 valence electrons. The SMILES string of the molecule is CCC(F)(F)c1cccc(NC(O)c2c(C)nc(-c3ccc(OC)c(-c4ncccc4C)c3)n2O)c1. The number of aliphatic hydroxyl groups excluding tert-OH is 1. The summed E-state index contributed by atoms with van der Waals surface area (Å²) in [5.74, 6) is -2.17. The number of anilines is 1. The quantitative estimate of drug-likeness (QED) is 0.203. The van der Waals surface area contributed by atoms with Crippen molar-refractivity contribution in [3.05, 3.63) is 83.3 Å². The fourth-order valence-electron chi connectivity index (χ4n) is 4.10. The molecular weight excluding hydrogens is 466 g/mol. The van der Waals surface area contributed by atoms with Gasteiger partial charge < -0.3 is 20.4 Å². The Bertz CT molecular complexity index is 1390. The van der Waals surface area contributed by atoms with Crippen molar-refractivity contribution in [1.29, 1.82) is 0 Å². The molecule has 2 aromatic carbocycles. The van der Waals surface area contributed by atoms with E-state index in [9.17, 15) is 19.1 Å². The molecule has 0 aliphatic carbocycles. The summed E-state index contributed by atoms with van der Waals surface area (Å²) in [5.41, 5.74) is 3.56. The highest BCUT2D eigenvalue weighted by Crippen LogP contribution is 2.36. The second kappa shape index (κ2) is 9.94. The summed E-state index contributed by atoms with van der Waals surface area (Å²) in [4.78, 5) is 8.93. The highest BCUT2D eigenvalue weighted by atomic mass is 19.3. The molecule has 4 aromatic rings. The standard InChI is InChI=1S/C27H28F2N4O3/c1-5-27(28,29)19-9-6-10-20(15-19)32-26(34)24-17(3)31-25(33(24)35)18-11-12-22(36-4)21(14-18)23-16(2)8-7-13-30-23/h6-15,26,32,34-35H,5H2,1-4H3. The third-order valence-electron chi connectivity index (χ3n) is 6.09. The first-order valence-corrected chi connectivity index (χ1v) is 11.5. The van der Waals surface area contributed by atoms with Gasteiger partial charge in [-0.25, -0.2) is 13.8 Å². The molecule has 0 amide bonds. The van der Waals surface area contributed by atoms with Crippen LogP contribution in [0.5, 0.6) is 5.75 Å². The lowest BCUT2D eigenvalue weighted by Crippen LogP contribution is -2.16. The number of hydrogen-bond donors (Lipinski definition) is 3. The number of methoxy groups -OCH3 is 1. The van der Waals surface area contributed by atoms with Gasteiger partial charge in [-0.3, -0.25) is 4.98 Å². The largest absolute Gasteiger partial charge is 0.496 e. The van der Waals surface area contributed by atoms with Gasteiger partial charge in [-0.15, -0.1) is 0 Å². The van der Waals surface area contributed by atoms with Gasteiger partial charge in [0.2, 0.25) is 0 Å². The summed E-state index contributed by atoms with van der Waals surface area (Å²) in [7, 11) is 1.57. The van der Waals surface area contributed by atoms with Crippen LogP contribution in [0.4, 0.5) is 14.5 Å². The topological polar surface area (TPSA) is 92.4 Å². The Labute approximate surface area is 208 Å². The molecule has 0 radical (unpaired) electrons. The predicted molar refractivity (Wildman–Crippen MR) is 133 cm³/mol. The molecule has 7 nitrogen and oxygen atoms in total. The molecule has 0 aliphatic heterocycles. The normalized spacial score (nSPS) is 12.4. The zero-order chi connectivity index (χ0) is 26.0. The lowest BCUT2D eigenvalue weighted by Gasteiger charge is -2.18. The molecule has 0 saturated carbocycles. The van der Waals surface area contributed by atoms with Gasteiger partial charge in [-0.2, -0.15) is 4.73 Å². The highest BCUT2D eigenvalue weighted by Gasteiger charge is 2.29. The Morgan fingerprint density at radius 3 is 2.58 bits per heavy atom. The van der Waals surface area contributed by atoms with E-state index in [0.717, 1.165) is 21.6 Å². The average molecular weight is 495 g/mol. The van der Waals surface area contributed by atoms with E-state index in [1.165, 1.54) is 25.1 Å². The van der Waals surface area contributed by atoms with Crippen molar-refractivity contribution in [1.82, 2.24) is 14.7 Å². The fourth-order valence-corrected chi connectivity index (χ4v) is 4.10. The minimum atomic E-state index is -2.98. The first kappa shape index (κ1) is 25.1. The molecule has 4 rings (SSSR count). The van der Waals surface area contributed by atoms with E-state index in [4.69, 9.17) is 4.74 Å². The van der Waals surface area contributed by atoms with Crippen LogP contribution in [0.3, 0.4) is 0 Å². The molecule has 1 atom stereocenters. The number of imidazole rings is 1. The maximum atomic E-state index is 14.1. The first-order valence-electron chi connectivity index (χ1n) is 11.5. The van der Waals surface area contributed by atoms with Gasteiger partial charge in [0.15, 0.2) is 12.1 Å². The molecule has 0 aliphatic rings. The molecule has 9 heteroatoms. The number of nitrogens with zero attached hydrogens (tertiary/aromatic N) is 3. The summed E-state index contributed by atoms with van der Waals surface area (Å²) >= 11 is 0. The number of pyridine rings is 1. The van der Waals surface area contributed by atoms with Crippen molar-refractivity contribution in [2.75, 3.05) is 12.4 Å². The van der Waals surface area contributed by atoms with Crippen molar-refractivity contribution in [3.8, 4) is 28.4 Å². The Balaban J connectivity index is 1.69. The summed E-state index contributed by atoms with van der Waals surface area (Å²) < 4.78 is 34.6. The molecule has 0 saturated heterocycles. The van der Waals surface area contributed by atoms with Gasteiger partial charge in [0.05, 0.1) is 18.5 Å². The van der Waals surface area contributed by atoms with Crippen LogP contribution in [0.25, 0.3) is 22.6 Å². The van der Waals surface area contributed by atoms with Crippen LogP contribution in [-0.2, 0) is 5.92 Å². The predicted octanol–water partition coefficient (Wildman–Crippen LogP) is 6.08. The van der Waals surface area contributed by atoms with Gasteiger partial charge in [-0.1, -0.05) is 25.1 Å². The van der Waals surface area contributed by atoms with Crippen LogP contribution >= 0.6 is 0 Å². The second-order valence-electron chi connectivity index (χ2n) is 8.49. The Morgan fingerprint density at radius 2 is 1.89 bits per heavy atom. The first-order chi connectivity index (χ1) is 17.2. The average Bonchev–Trinajstić information content (AvgIpc) is 3.17. The van der Waals surface area contributed by atoms with Gasteiger partial charge in [0.1, 0.15) is 11.4 Å². The van der Waals surface area contributed by atoms with Crippen molar-refractivity contribution >= 4 is 5.69 Å². The third-order valence-corrected chi connectivity index (χ3v) is 6.09. The van der Waals surface area contributed by atoms with Crippen molar-refractivity contribution in [3.63, 3.8) is 0 Å². The Hall–Kier alpha value is -3.98. The third kappa shape index (κ3) is 4.74. The van der Waals surface area contributed by atoms with Gasteiger partial charge in [0.25, 0.3) is 5.92 Å². The molecule has 0 bridgehead atoms. The molecule has 3 N–H and O–H groups in total. The number of ether oxygens (including phenoxy) is 1. The van der Waals surface area contributed by atoms with E-state index in [1.54, 1.807) is 38.4 Å². The maximum Gasteiger partial charge on any atom is 0.273 e. The monoisotopic (exact) mass is 494 g/mol. The van der Waals surface area contributed by atoms with E-state index in [-0.39, 0.29) is 29.2 Å². The van der Waals surface area contributed by atoms with Crippen LogP contribution in [0, 0.1) is 13.8 Å². The minimum Gasteiger partial charge on any atom is -0.496 e. The molecular formula is C27H28F2N4O3. The molecule has 0 spiro atoms. The number of alkyl halides is 2. The number of hydrogen-bond acceptors (Lipinski definition) is 6. The fraction of sp³-hybridized carbons (Fsp3) is 0.259. The number of rotatable bonds is 8. The van der Waals surface area contributed by atoms with Gasteiger partial charge in [0, 0.05) is 35.0 Å². The smallest absolute Gasteiger partial charge is 0.273 e. The van der Waals surface area contributed by atoms with Gasteiger partial charge in [-0.05, 0) is 55.8 Å². The summed E-state index contributed by atoms with van der Waals surface area (Å²) in [6, 6.07) is 14.8. The zero-order valence-corrected chi connectivity index (χ0v) is 20.5. The van der Waals surface area contributed by atoms with Crippen LogP contribution in [0.1, 0.15) is 42.1 Å². The molecule has 1 unspecified atom stereocenters. The van der Waals surface area contributed by atoms with Crippen molar-refractivity contribution < 1.29 is 23.8 Å². The maximum absolute atomic E-state index is 14.1. The summed E-state index contributed by atoms with van der Waals surface area (Å²) in [5, 5.41) is 24.6. The molecule has 36 heavy (non-hydrogen) atoms. The zero-order valence-electron chi connectivity index (χ0n) is 20.5. The molecule has 2 aromatic heterocycles. The minimum absolute atomic E-state index is 0.0871. The van der Waals surface area contributed by atoms with Crippen molar-refractivity contribution in [2.24, 2.45) is 0 Å². The van der Waals surface area contributed by atoms with E-state index < -0.39 is 12.2 Å². The van der Waals surface area contributed by atoms with E-state index in [1.807, 2.05) is 25.1 Å². The molecule has 2 heterocycles. The Morgan fingerprint density at radius 1 is 1.11 bits per heavy atom. The number of aliphatic hydroxyl groups is 1. The van der Waals surface area contributed by atoms with Crippen LogP contribution in [-0.4, -0.2) is 32.1 Å². The van der Waals surface area contributed by atoms with Crippen LogP contribution in [0.15, 0.2) is 60.8 Å². The van der Waals surface area contributed by atoms with Crippen LogP contribution in [0.2, 0.25) is 0 Å². The van der Waals surface area contributed by atoms with Crippen LogP contribution < -0.4 is 10.1 Å².